The Morgan fingerprint density at radius 3 is 2.69 bits per heavy atom. The molecule has 4 aromatic rings. The van der Waals surface area contributed by atoms with Crippen molar-refractivity contribution < 1.29 is 4.74 Å². The summed E-state index contributed by atoms with van der Waals surface area (Å²) >= 11 is 1.60. The predicted molar refractivity (Wildman–Crippen MR) is 130 cm³/mol. The van der Waals surface area contributed by atoms with Crippen LogP contribution >= 0.6 is 11.3 Å². The molecule has 1 unspecified atom stereocenters. The molecule has 0 N–H and O–H groups in total. The molecule has 162 valence electrons. The van der Waals surface area contributed by atoms with E-state index in [4.69, 9.17) is 4.74 Å². The largest absolute Gasteiger partial charge is 0.488 e. The van der Waals surface area contributed by atoms with Gasteiger partial charge in [0.25, 0.3) is 0 Å². The zero-order valence-corrected chi connectivity index (χ0v) is 19.4. The minimum absolute atomic E-state index is 0.0757. The molecule has 0 amide bonds. The van der Waals surface area contributed by atoms with Gasteiger partial charge in [0.1, 0.15) is 17.4 Å². The van der Waals surface area contributed by atoms with Crippen LogP contribution in [0.5, 0.6) is 5.75 Å². The van der Waals surface area contributed by atoms with Gasteiger partial charge in [-0.15, -0.1) is 11.3 Å². The highest BCUT2D eigenvalue weighted by molar-refractivity contribution is 7.13. The molecule has 0 fully saturated rings. The maximum Gasteiger partial charge on any atom is 0.185 e. The van der Waals surface area contributed by atoms with E-state index >= 15 is 0 Å². The van der Waals surface area contributed by atoms with Crippen LogP contribution in [-0.2, 0) is 13.0 Å². The van der Waals surface area contributed by atoms with Gasteiger partial charge in [-0.2, -0.15) is 0 Å². The van der Waals surface area contributed by atoms with Crippen LogP contribution in [-0.4, -0.2) is 9.55 Å². The fraction of sp³-hybridized carbons (Fsp3) is 0.259. The van der Waals surface area contributed by atoms with Gasteiger partial charge in [-0.3, -0.25) is 4.79 Å². The molecule has 5 heteroatoms. The molecule has 0 radical (unpaired) electrons. The molecular weight excluding hydrogens is 416 g/mol. The number of rotatable bonds is 5. The van der Waals surface area contributed by atoms with Crippen LogP contribution in [0.3, 0.4) is 0 Å². The second-order valence-electron chi connectivity index (χ2n) is 8.75. The van der Waals surface area contributed by atoms with E-state index in [1.807, 2.05) is 42.9 Å². The Balaban J connectivity index is 1.65. The molecule has 1 aliphatic rings. The zero-order chi connectivity index (χ0) is 22.2. The van der Waals surface area contributed by atoms with E-state index in [1.165, 1.54) is 5.56 Å². The fourth-order valence-corrected chi connectivity index (χ4v) is 5.09. The molecule has 0 spiro atoms. The predicted octanol–water partition coefficient (Wildman–Crippen LogP) is 6.28. The molecule has 4 nitrogen and oxygen atoms in total. The Labute approximate surface area is 192 Å². The average molecular weight is 443 g/mol. The van der Waals surface area contributed by atoms with Gasteiger partial charge in [-0.05, 0) is 42.5 Å². The van der Waals surface area contributed by atoms with Crippen molar-refractivity contribution in [2.24, 2.45) is 5.92 Å². The van der Waals surface area contributed by atoms with Crippen molar-refractivity contribution in [3.8, 4) is 27.6 Å². The van der Waals surface area contributed by atoms with Crippen molar-refractivity contribution in [3.05, 3.63) is 93.2 Å². The third-order valence-corrected chi connectivity index (χ3v) is 7.01. The van der Waals surface area contributed by atoms with Crippen molar-refractivity contribution >= 4 is 11.3 Å². The SMILES string of the molecule is Cc1cn2c(cc1=O)-c1cc(-c3nccs3)c(OCc3ccccc3)cc1CC2C(C)C. The summed E-state index contributed by atoms with van der Waals surface area (Å²) in [7, 11) is 0. The van der Waals surface area contributed by atoms with Crippen LogP contribution in [0.25, 0.3) is 21.8 Å². The van der Waals surface area contributed by atoms with Crippen molar-refractivity contribution in [1.82, 2.24) is 9.55 Å². The first-order valence-corrected chi connectivity index (χ1v) is 11.9. The van der Waals surface area contributed by atoms with Gasteiger partial charge in [0.15, 0.2) is 5.43 Å². The van der Waals surface area contributed by atoms with Gasteiger partial charge in [0.2, 0.25) is 0 Å². The van der Waals surface area contributed by atoms with E-state index in [2.05, 4.69) is 47.7 Å². The summed E-state index contributed by atoms with van der Waals surface area (Å²) in [6.07, 6.45) is 4.74. The Morgan fingerprint density at radius 2 is 1.97 bits per heavy atom. The zero-order valence-electron chi connectivity index (χ0n) is 18.5. The number of ether oxygens (including phenoxy) is 1. The second kappa shape index (κ2) is 8.40. The van der Waals surface area contributed by atoms with Crippen molar-refractivity contribution in [2.45, 2.75) is 39.8 Å². The molecular formula is C27H26N2O2S. The van der Waals surface area contributed by atoms with E-state index in [0.29, 0.717) is 18.6 Å². The molecule has 0 saturated carbocycles. The molecule has 0 bridgehead atoms. The van der Waals surface area contributed by atoms with Crippen LogP contribution in [0.2, 0.25) is 0 Å². The number of fused-ring (bicyclic) bond motifs is 3. The molecule has 32 heavy (non-hydrogen) atoms. The van der Waals surface area contributed by atoms with E-state index in [0.717, 1.165) is 45.1 Å². The van der Waals surface area contributed by atoms with Crippen LogP contribution < -0.4 is 10.2 Å². The standard InChI is InChI=1S/C27H26N2O2S/c1-17(2)23-11-20-12-26(31-16-19-7-5-4-6-8-19)22(27-28-9-10-32-27)13-21(20)24-14-25(30)18(3)15-29(23)24/h4-10,12-15,17,23H,11,16H2,1-3H3. The first-order chi connectivity index (χ1) is 15.5. The Kier molecular flexibility index (Phi) is 5.43. The smallest absolute Gasteiger partial charge is 0.185 e. The quantitative estimate of drug-likeness (QED) is 0.365. The summed E-state index contributed by atoms with van der Waals surface area (Å²) in [6, 6.07) is 16.6. The third-order valence-electron chi connectivity index (χ3n) is 6.20. The van der Waals surface area contributed by atoms with E-state index < -0.39 is 0 Å². The minimum atomic E-state index is 0.0757. The molecule has 2 aromatic heterocycles. The number of hydrogen-bond acceptors (Lipinski definition) is 4. The molecule has 0 saturated heterocycles. The average Bonchev–Trinajstić information content (AvgIpc) is 3.33. The normalized spacial score (nSPS) is 14.8. The van der Waals surface area contributed by atoms with E-state index in [-0.39, 0.29) is 5.43 Å². The van der Waals surface area contributed by atoms with Crippen molar-refractivity contribution in [2.75, 3.05) is 0 Å². The highest BCUT2D eigenvalue weighted by Gasteiger charge is 2.28. The third kappa shape index (κ3) is 3.78. The first kappa shape index (κ1) is 20.7. The summed E-state index contributed by atoms with van der Waals surface area (Å²) in [5.74, 6) is 1.28. The number of pyridine rings is 1. The number of aromatic nitrogens is 2. The van der Waals surface area contributed by atoms with Gasteiger partial charge in [-0.25, -0.2) is 4.98 Å². The fourth-order valence-electron chi connectivity index (χ4n) is 4.43. The Hall–Kier alpha value is -3.18. The lowest BCUT2D eigenvalue weighted by molar-refractivity contribution is 0.306. The maximum absolute atomic E-state index is 12.6. The van der Waals surface area contributed by atoms with Crippen LogP contribution in [0.15, 0.2) is 71.1 Å². The van der Waals surface area contributed by atoms with Crippen molar-refractivity contribution in [1.29, 1.82) is 0 Å². The summed E-state index contributed by atoms with van der Waals surface area (Å²) in [4.78, 5) is 17.1. The van der Waals surface area contributed by atoms with Crippen molar-refractivity contribution in [3.63, 3.8) is 0 Å². The summed E-state index contributed by atoms with van der Waals surface area (Å²) in [6.45, 7) is 6.87. The molecule has 2 aromatic carbocycles. The molecule has 3 heterocycles. The lowest BCUT2D eigenvalue weighted by Gasteiger charge is -2.34. The van der Waals surface area contributed by atoms with Gasteiger partial charge in [0, 0.05) is 41.0 Å². The Morgan fingerprint density at radius 1 is 1.16 bits per heavy atom. The lowest BCUT2D eigenvalue weighted by Crippen LogP contribution is -2.26. The highest BCUT2D eigenvalue weighted by atomic mass is 32.1. The summed E-state index contributed by atoms with van der Waals surface area (Å²) in [5, 5.41) is 2.90. The van der Waals surface area contributed by atoms with Gasteiger partial charge < -0.3 is 9.30 Å². The van der Waals surface area contributed by atoms with Gasteiger partial charge >= 0.3 is 0 Å². The number of benzene rings is 2. The minimum Gasteiger partial charge on any atom is -0.488 e. The number of nitrogens with zero attached hydrogens (tertiary/aromatic N) is 2. The van der Waals surface area contributed by atoms with Crippen LogP contribution in [0, 0.1) is 12.8 Å². The summed E-state index contributed by atoms with van der Waals surface area (Å²) < 4.78 is 8.63. The van der Waals surface area contributed by atoms with E-state index in [9.17, 15) is 4.79 Å². The first-order valence-electron chi connectivity index (χ1n) is 11.0. The molecule has 0 aliphatic carbocycles. The number of thiazole rings is 1. The molecule has 5 rings (SSSR count). The molecule has 1 aliphatic heterocycles. The number of aryl methyl sites for hydroxylation is 1. The van der Waals surface area contributed by atoms with Gasteiger partial charge in [0.05, 0.1) is 11.3 Å². The van der Waals surface area contributed by atoms with Crippen LogP contribution in [0.4, 0.5) is 0 Å². The lowest BCUT2D eigenvalue weighted by atomic mass is 9.86. The highest BCUT2D eigenvalue weighted by Crippen LogP contribution is 2.43. The Bertz CT molecular complexity index is 1310. The van der Waals surface area contributed by atoms with Crippen LogP contribution in [0.1, 0.15) is 36.6 Å². The van der Waals surface area contributed by atoms with E-state index in [1.54, 1.807) is 17.4 Å². The monoisotopic (exact) mass is 442 g/mol. The van der Waals surface area contributed by atoms with Gasteiger partial charge in [-0.1, -0.05) is 44.2 Å². The molecule has 1 atom stereocenters. The summed E-state index contributed by atoms with van der Waals surface area (Å²) in [5.41, 5.74) is 6.25. The number of hydrogen-bond donors (Lipinski definition) is 0. The topological polar surface area (TPSA) is 44.1 Å². The maximum atomic E-state index is 12.6. The second-order valence-corrected chi connectivity index (χ2v) is 9.64.